The summed E-state index contributed by atoms with van der Waals surface area (Å²) in [6.07, 6.45) is -0.468. The number of hydrogen-bond acceptors (Lipinski definition) is 4. The molecule has 7 heteroatoms. The lowest BCUT2D eigenvalue weighted by molar-refractivity contribution is -0.139. The summed E-state index contributed by atoms with van der Waals surface area (Å²) in [6.45, 7) is 5.09. The van der Waals surface area contributed by atoms with Gasteiger partial charge in [0.05, 0.1) is 12.5 Å². The van der Waals surface area contributed by atoms with E-state index in [9.17, 15) is 14.4 Å². The van der Waals surface area contributed by atoms with E-state index in [2.05, 4.69) is 10.6 Å². The van der Waals surface area contributed by atoms with Gasteiger partial charge >= 0.3 is 5.97 Å². The van der Waals surface area contributed by atoms with Crippen LogP contribution in [0.25, 0.3) is 0 Å². The number of nitrogens with two attached hydrogens (primary N) is 1. The molecule has 0 saturated carbocycles. The molecule has 7 nitrogen and oxygen atoms in total. The zero-order valence-electron chi connectivity index (χ0n) is 10.2. The fraction of sp³-hybridized carbons (Fsp3) is 0.700. The molecule has 98 valence electrons. The van der Waals surface area contributed by atoms with Crippen LogP contribution < -0.4 is 16.4 Å². The molecule has 0 heterocycles. The van der Waals surface area contributed by atoms with Gasteiger partial charge in [0.25, 0.3) is 0 Å². The fourth-order valence-corrected chi connectivity index (χ4v) is 1.08. The third-order valence-corrected chi connectivity index (χ3v) is 1.91. The number of hydrogen-bond donors (Lipinski definition) is 4. The molecule has 0 aromatic heterocycles. The van der Waals surface area contributed by atoms with E-state index in [0.29, 0.717) is 0 Å². The zero-order valence-corrected chi connectivity index (χ0v) is 10.2. The minimum absolute atomic E-state index is 0.0328. The summed E-state index contributed by atoms with van der Waals surface area (Å²) < 4.78 is 0. The van der Waals surface area contributed by atoms with Crippen molar-refractivity contribution >= 4 is 17.8 Å². The molecule has 2 atom stereocenters. The van der Waals surface area contributed by atoms with E-state index in [1.807, 2.05) is 0 Å². The van der Waals surface area contributed by atoms with Gasteiger partial charge in [-0.2, -0.15) is 0 Å². The highest BCUT2D eigenvalue weighted by molar-refractivity contribution is 5.91. The molecule has 2 unspecified atom stereocenters. The van der Waals surface area contributed by atoms with Crippen molar-refractivity contribution in [3.05, 3.63) is 0 Å². The highest BCUT2D eigenvalue weighted by atomic mass is 16.4. The number of aliphatic carboxylic acids is 1. The number of rotatable bonds is 6. The van der Waals surface area contributed by atoms with Crippen LogP contribution in [-0.2, 0) is 14.4 Å². The van der Waals surface area contributed by atoms with Crippen molar-refractivity contribution < 1.29 is 19.5 Å². The molecule has 0 aromatic carbocycles. The van der Waals surface area contributed by atoms with Crippen LogP contribution in [0, 0.1) is 0 Å². The number of nitrogens with one attached hydrogen (secondary N) is 2. The van der Waals surface area contributed by atoms with Gasteiger partial charge in [-0.1, -0.05) is 0 Å². The highest BCUT2D eigenvalue weighted by Crippen LogP contribution is 1.91. The zero-order chi connectivity index (χ0) is 13.6. The maximum atomic E-state index is 11.5. The second-order valence-corrected chi connectivity index (χ2v) is 4.10. The average Bonchev–Trinajstić information content (AvgIpc) is 2.15. The Hall–Kier alpha value is -1.63. The van der Waals surface area contributed by atoms with E-state index in [-0.39, 0.29) is 11.9 Å². The Kier molecular flexibility index (Phi) is 6.19. The molecule has 0 aliphatic heterocycles. The molecule has 0 fully saturated rings. The fourth-order valence-electron chi connectivity index (χ4n) is 1.08. The quantitative estimate of drug-likeness (QED) is 0.469. The topological polar surface area (TPSA) is 122 Å². The summed E-state index contributed by atoms with van der Waals surface area (Å²) in [7, 11) is 0. The minimum Gasteiger partial charge on any atom is -0.481 e. The molecule has 0 aliphatic carbocycles. The molecule has 0 aromatic rings. The Balaban J connectivity index is 4.19. The van der Waals surface area contributed by atoms with E-state index < -0.39 is 30.4 Å². The van der Waals surface area contributed by atoms with Crippen LogP contribution in [0.3, 0.4) is 0 Å². The van der Waals surface area contributed by atoms with Crippen molar-refractivity contribution in [1.29, 1.82) is 0 Å². The van der Waals surface area contributed by atoms with Gasteiger partial charge in [-0.25, -0.2) is 0 Å². The predicted molar refractivity (Wildman–Crippen MR) is 61.1 cm³/mol. The number of carboxylic acid groups (broad SMARTS) is 1. The molecule has 2 amide bonds. The normalized spacial score (nSPS) is 13.9. The number of amides is 2. The van der Waals surface area contributed by atoms with Gasteiger partial charge in [0.15, 0.2) is 0 Å². The second kappa shape index (κ2) is 6.85. The molecule has 0 bridgehead atoms. The highest BCUT2D eigenvalue weighted by Gasteiger charge is 2.21. The van der Waals surface area contributed by atoms with Gasteiger partial charge in [-0.15, -0.1) is 0 Å². The van der Waals surface area contributed by atoms with Crippen LogP contribution in [0.15, 0.2) is 0 Å². The van der Waals surface area contributed by atoms with E-state index in [1.54, 1.807) is 13.8 Å². The lowest BCUT2D eigenvalue weighted by atomic mass is 10.2. The summed E-state index contributed by atoms with van der Waals surface area (Å²) in [6, 6.07) is -1.93. The van der Waals surface area contributed by atoms with Gasteiger partial charge in [-0.3, -0.25) is 14.4 Å². The summed E-state index contributed by atoms with van der Waals surface area (Å²) in [5.74, 6) is -2.15. The lowest BCUT2D eigenvalue weighted by Gasteiger charge is -2.17. The Labute approximate surface area is 99.7 Å². The van der Waals surface area contributed by atoms with Gasteiger partial charge < -0.3 is 21.5 Å². The number of carbonyl (C=O) groups excluding carboxylic acids is 2. The van der Waals surface area contributed by atoms with E-state index in [0.717, 1.165) is 0 Å². The van der Waals surface area contributed by atoms with E-state index >= 15 is 0 Å². The first-order chi connectivity index (χ1) is 7.73. The van der Waals surface area contributed by atoms with Crippen LogP contribution in [0.4, 0.5) is 0 Å². The standard InChI is InChI=1S/C10H19N3O4/c1-5(2)12-9(16)6(3)13-10(17)7(11)4-8(14)15/h5-7H,4,11H2,1-3H3,(H,12,16)(H,13,17)(H,14,15). The third kappa shape index (κ3) is 6.52. The first-order valence-electron chi connectivity index (χ1n) is 5.32. The average molecular weight is 245 g/mol. The lowest BCUT2D eigenvalue weighted by Crippen LogP contribution is -2.51. The Morgan fingerprint density at radius 2 is 1.65 bits per heavy atom. The smallest absolute Gasteiger partial charge is 0.305 e. The van der Waals surface area contributed by atoms with Crippen molar-refractivity contribution in [2.45, 2.75) is 45.3 Å². The SMILES string of the molecule is CC(C)NC(=O)C(C)NC(=O)C(N)CC(=O)O. The second-order valence-electron chi connectivity index (χ2n) is 4.10. The van der Waals surface area contributed by atoms with Crippen molar-refractivity contribution in [2.24, 2.45) is 5.73 Å². The molecule has 5 N–H and O–H groups in total. The van der Waals surface area contributed by atoms with Crippen molar-refractivity contribution in [3.63, 3.8) is 0 Å². The molecule has 0 radical (unpaired) electrons. The Bertz CT molecular complexity index is 304. The Morgan fingerprint density at radius 1 is 1.12 bits per heavy atom. The van der Waals surface area contributed by atoms with Gasteiger partial charge in [0.1, 0.15) is 6.04 Å². The van der Waals surface area contributed by atoms with E-state index in [4.69, 9.17) is 10.8 Å². The van der Waals surface area contributed by atoms with Crippen LogP contribution in [0.2, 0.25) is 0 Å². The third-order valence-electron chi connectivity index (χ3n) is 1.91. The van der Waals surface area contributed by atoms with Crippen LogP contribution >= 0.6 is 0 Å². The van der Waals surface area contributed by atoms with Crippen molar-refractivity contribution in [3.8, 4) is 0 Å². The summed E-state index contributed by atoms with van der Waals surface area (Å²) in [5, 5.41) is 13.4. The van der Waals surface area contributed by atoms with Crippen molar-refractivity contribution in [2.75, 3.05) is 0 Å². The predicted octanol–water partition coefficient (Wildman–Crippen LogP) is -1.18. The Morgan fingerprint density at radius 3 is 2.06 bits per heavy atom. The number of carbonyl (C=O) groups is 3. The van der Waals surface area contributed by atoms with Crippen LogP contribution in [0.5, 0.6) is 0 Å². The number of carboxylic acids is 1. The molecular weight excluding hydrogens is 226 g/mol. The summed E-state index contributed by atoms with van der Waals surface area (Å²) in [5.41, 5.74) is 5.34. The monoisotopic (exact) mass is 245 g/mol. The molecule has 0 aliphatic rings. The van der Waals surface area contributed by atoms with Gasteiger partial charge in [0.2, 0.25) is 11.8 Å². The molecule has 0 rings (SSSR count). The van der Waals surface area contributed by atoms with Crippen molar-refractivity contribution in [1.82, 2.24) is 10.6 Å². The molecule has 0 spiro atoms. The van der Waals surface area contributed by atoms with Crippen LogP contribution in [-0.4, -0.2) is 41.0 Å². The minimum atomic E-state index is -1.16. The van der Waals surface area contributed by atoms with Gasteiger partial charge in [0, 0.05) is 6.04 Å². The maximum Gasteiger partial charge on any atom is 0.305 e. The largest absolute Gasteiger partial charge is 0.481 e. The molecule has 17 heavy (non-hydrogen) atoms. The van der Waals surface area contributed by atoms with Gasteiger partial charge in [-0.05, 0) is 20.8 Å². The summed E-state index contributed by atoms with van der Waals surface area (Å²) in [4.78, 5) is 33.2. The van der Waals surface area contributed by atoms with Crippen LogP contribution in [0.1, 0.15) is 27.2 Å². The maximum absolute atomic E-state index is 11.5. The first kappa shape index (κ1) is 15.4. The molecule has 0 saturated heterocycles. The first-order valence-corrected chi connectivity index (χ1v) is 5.32. The van der Waals surface area contributed by atoms with E-state index in [1.165, 1.54) is 6.92 Å². The summed E-state index contributed by atoms with van der Waals surface area (Å²) >= 11 is 0. The molecular formula is C10H19N3O4.